The molecular formula is C16H19Cl2NO. The van der Waals surface area contributed by atoms with Gasteiger partial charge in [0.25, 0.3) is 0 Å². The number of hydrogen-bond acceptors (Lipinski definition) is 2. The molecule has 2 heterocycles. The maximum atomic E-state index is 6.18. The van der Waals surface area contributed by atoms with E-state index < -0.39 is 0 Å². The first-order valence-corrected chi connectivity index (χ1v) is 8.33. The van der Waals surface area contributed by atoms with Crippen molar-refractivity contribution < 1.29 is 4.74 Å². The van der Waals surface area contributed by atoms with Gasteiger partial charge in [-0.05, 0) is 55.7 Å². The van der Waals surface area contributed by atoms with E-state index in [1.807, 2.05) is 12.1 Å². The molecule has 108 valence electrons. The number of halogens is 2. The van der Waals surface area contributed by atoms with E-state index >= 15 is 0 Å². The minimum absolute atomic E-state index is 0.401. The van der Waals surface area contributed by atoms with Crippen molar-refractivity contribution in [3.63, 3.8) is 0 Å². The maximum absolute atomic E-state index is 6.18. The lowest BCUT2D eigenvalue weighted by Crippen LogP contribution is -2.40. The Kier molecular flexibility index (Phi) is 3.46. The van der Waals surface area contributed by atoms with Gasteiger partial charge in [-0.2, -0.15) is 0 Å². The van der Waals surface area contributed by atoms with E-state index in [0.717, 1.165) is 12.3 Å². The summed E-state index contributed by atoms with van der Waals surface area (Å²) in [5.74, 6) is 0.742. The van der Waals surface area contributed by atoms with Crippen LogP contribution >= 0.6 is 23.2 Å². The minimum Gasteiger partial charge on any atom is -0.373 e. The molecule has 1 aliphatic carbocycles. The van der Waals surface area contributed by atoms with Gasteiger partial charge in [0.15, 0.2) is 0 Å². The lowest BCUT2D eigenvalue weighted by Gasteiger charge is -2.27. The van der Waals surface area contributed by atoms with Crippen molar-refractivity contribution in [3.05, 3.63) is 33.8 Å². The van der Waals surface area contributed by atoms with Gasteiger partial charge in [-0.15, -0.1) is 0 Å². The molecule has 3 fully saturated rings. The average molecular weight is 312 g/mol. The Morgan fingerprint density at radius 1 is 1.10 bits per heavy atom. The van der Waals surface area contributed by atoms with Gasteiger partial charge in [-0.3, -0.25) is 0 Å². The van der Waals surface area contributed by atoms with Crippen LogP contribution in [0.2, 0.25) is 10.0 Å². The van der Waals surface area contributed by atoms with E-state index in [4.69, 9.17) is 27.9 Å². The van der Waals surface area contributed by atoms with Gasteiger partial charge < -0.3 is 10.1 Å². The highest BCUT2D eigenvalue weighted by molar-refractivity contribution is 6.42. The molecule has 0 unspecified atom stereocenters. The van der Waals surface area contributed by atoms with Crippen LogP contribution < -0.4 is 5.32 Å². The van der Waals surface area contributed by atoms with Crippen molar-refractivity contribution >= 4 is 23.2 Å². The summed E-state index contributed by atoms with van der Waals surface area (Å²) in [6, 6.07) is 6.95. The molecular weight excluding hydrogens is 293 g/mol. The summed E-state index contributed by atoms with van der Waals surface area (Å²) >= 11 is 12.2. The lowest BCUT2D eigenvalue weighted by molar-refractivity contribution is 0.0955. The quantitative estimate of drug-likeness (QED) is 0.892. The van der Waals surface area contributed by atoms with Crippen LogP contribution in [-0.4, -0.2) is 18.2 Å². The highest BCUT2D eigenvalue weighted by Crippen LogP contribution is 2.44. The minimum atomic E-state index is 0.401. The second-order valence-electron chi connectivity index (χ2n) is 6.37. The Bertz CT molecular complexity index is 517. The third-order valence-electron chi connectivity index (χ3n) is 4.90. The molecule has 2 nitrogen and oxygen atoms in total. The summed E-state index contributed by atoms with van der Waals surface area (Å²) in [7, 11) is 0. The molecule has 1 aromatic rings. The van der Waals surface area contributed by atoms with Gasteiger partial charge in [-0.25, -0.2) is 0 Å². The summed E-state index contributed by atoms with van der Waals surface area (Å²) < 4.78 is 5.95. The Labute approximate surface area is 129 Å². The highest BCUT2D eigenvalue weighted by Gasteiger charge is 2.43. The molecule has 0 radical (unpaired) electrons. The Hall–Kier alpha value is -0.280. The van der Waals surface area contributed by atoms with E-state index in [1.54, 1.807) is 0 Å². The topological polar surface area (TPSA) is 21.3 Å². The van der Waals surface area contributed by atoms with Crippen molar-refractivity contribution in [2.45, 2.75) is 56.4 Å². The molecule has 1 N–H and O–H groups in total. The molecule has 4 rings (SSSR count). The van der Waals surface area contributed by atoms with Gasteiger partial charge >= 0.3 is 0 Å². The molecule has 1 saturated carbocycles. The average Bonchev–Trinajstić information content (AvgIpc) is 3.07. The Morgan fingerprint density at radius 3 is 2.55 bits per heavy atom. The van der Waals surface area contributed by atoms with Gasteiger partial charge in [-0.1, -0.05) is 29.3 Å². The summed E-state index contributed by atoms with van der Waals surface area (Å²) in [5.41, 5.74) is 1.27. The van der Waals surface area contributed by atoms with Crippen LogP contribution in [0.25, 0.3) is 0 Å². The molecule has 0 aromatic heterocycles. The zero-order valence-corrected chi connectivity index (χ0v) is 12.8. The number of nitrogens with one attached hydrogen (secondary N) is 1. The second kappa shape index (κ2) is 5.17. The van der Waals surface area contributed by atoms with Crippen LogP contribution in [0.5, 0.6) is 0 Å². The first-order valence-electron chi connectivity index (χ1n) is 7.57. The van der Waals surface area contributed by atoms with E-state index in [9.17, 15) is 0 Å². The Morgan fingerprint density at radius 2 is 1.95 bits per heavy atom. The number of ether oxygens (including phenoxy) is 1. The van der Waals surface area contributed by atoms with E-state index in [-0.39, 0.29) is 0 Å². The second-order valence-corrected chi connectivity index (χ2v) is 7.19. The van der Waals surface area contributed by atoms with E-state index in [1.165, 1.54) is 31.2 Å². The fraction of sp³-hybridized carbons (Fsp3) is 0.625. The van der Waals surface area contributed by atoms with Crippen LogP contribution in [-0.2, 0) is 4.74 Å². The predicted octanol–water partition coefficient (Wildman–Crippen LogP) is 4.35. The number of fused-ring (bicyclic) bond motifs is 2. The standard InChI is InChI=1S/C16H19Cl2NO/c17-12-5-3-10(7-13(12)18)16(9-1-2-9)19-14-8-11-4-6-15(14)20-11/h3,5,7,9,11,14-16,19H,1-2,4,6,8H2/t11-,14+,15-,16-/m1/s1. The number of benzene rings is 1. The van der Waals surface area contributed by atoms with E-state index in [0.29, 0.717) is 34.3 Å². The monoisotopic (exact) mass is 311 g/mol. The van der Waals surface area contributed by atoms with Crippen molar-refractivity contribution in [3.8, 4) is 0 Å². The zero-order valence-electron chi connectivity index (χ0n) is 11.3. The third kappa shape index (κ3) is 2.48. The SMILES string of the molecule is Clc1ccc([C@H](N[C@H]2C[C@H]3CC[C@H]2O3)C2CC2)cc1Cl. The van der Waals surface area contributed by atoms with Crippen molar-refractivity contribution in [1.29, 1.82) is 0 Å². The number of hydrogen-bond donors (Lipinski definition) is 1. The summed E-state index contributed by atoms with van der Waals surface area (Å²) in [4.78, 5) is 0. The largest absolute Gasteiger partial charge is 0.373 e. The normalized spacial score (nSPS) is 33.6. The van der Waals surface area contributed by atoms with Crippen molar-refractivity contribution in [2.24, 2.45) is 5.92 Å². The fourth-order valence-corrected chi connectivity index (χ4v) is 3.99. The lowest BCUT2D eigenvalue weighted by atomic mass is 9.93. The van der Waals surface area contributed by atoms with Gasteiger partial charge in [0.1, 0.15) is 0 Å². The first kappa shape index (κ1) is 13.4. The van der Waals surface area contributed by atoms with Gasteiger partial charge in [0, 0.05) is 12.1 Å². The van der Waals surface area contributed by atoms with Crippen molar-refractivity contribution in [1.82, 2.24) is 5.32 Å². The van der Waals surface area contributed by atoms with Crippen LogP contribution in [0.15, 0.2) is 18.2 Å². The van der Waals surface area contributed by atoms with Crippen LogP contribution in [0.3, 0.4) is 0 Å². The first-order chi connectivity index (χ1) is 9.70. The fourth-order valence-electron chi connectivity index (χ4n) is 3.68. The molecule has 4 atom stereocenters. The maximum Gasteiger partial charge on any atom is 0.0733 e. The van der Waals surface area contributed by atoms with Gasteiger partial charge in [0.2, 0.25) is 0 Å². The zero-order chi connectivity index (χ0) is 13.7. The molecule has 4 heteroatoms. The third-order valence-corrected chi connectivity index (χ3v) is 5.63. The van der Waals surface area contributed by atoms with Crippen molar-refractivity contribution in [2.75, 3.05) is 0 Å². The summed E-state index contributed by atoms with van der Waals surface area (Å²) in [6.07, 6.45) is 7.13. The molecule has 2 saturated heterocycles. The molecule has 0 spiro atoms. The molecule has 2 bridgehead atoms. The molecule has 20 heavy (non-hydrogen) atoms. The van der Waals surface area contributed by atoms with Gasteiger partial charge in [0.05, 0.1) is 22.3 Å². The van der Waals surface area contributed by atoms with Crippen LogP contribution in [0, 0.1) is 5.92 Å². The molecule has 0 amide bonds. The van der Waals surface area contributed by atoms with Crippen LogP contribution in [0.1, 0.15) is 43.7 Å². The van der Waals surface area contributed by atoms with Crippen LogP contribution in [0.4, 0.5) is 0 Å². The number of rotatable bonds is 4. The summed E-state index contributed by atoms with van der Waals surface area (Å²) in [5, 5.41) is 5.13. The Balaban J connectivity index is 1.53. The molecule has 1 aromatic carbocycles. The molecule has 2 aliphatic heterocycles. The van der Waals surface area contributed by atoms with E-state index in [2.05, 4.69) is 11.4 Å². The molecule has 3 aliphatic rings. The highest BCUT2D eigenvalue weighted by atomic mass is 35.5. The predicted molar refractivity (Wildman–Crippen MR) is 81.4 cm³/mol. The smallest absolute Gasteiger partial charge is 0.0733 e. The summed E-state index contributed by atoms with van der Waals surface area (Å²) in [6.45, 7) is 0.